The third-order valence-electron chi connectivity index (χ3n) is 4.02. The molecule has 0 radical (unpaired) electrons. The van der Waals surface area contributed by atoms with Crippen molar-refractivity contribution in [3.8, 4) is 5.69 Å². The summed E-state index contributed by atoms with van der Waals surface area (Å²) in [6.07, 6.45) is 0.133. The zero-order chi connectivity index (χ0) is 17.1. The summed E-state index contributed by atoms with van der Waals surface area (Å²) in [5.41, 5.74) is 0.812. The minimum atomic E-state index is -0.127. The van der Waals surface area contributed by atoms with E-state index in [4.69, 9.17) is 16.3 Å². The van der Waals surface area contributed by atoms with Crippen molar-refractivity contribution >= 4 is 17.5 Å². The molecule has 0 spiro atoms. The lowest BCUT2D eigenvalue weighted by Crippen LogP contribution is -2.38. The molecule has 1 aromatic carbocycles. The Morgan fingerprint density at radius 3 is 3.04 bits per heavy atom. The molecule has 1 fully saturated rings. The van der Waals surface area contributed by atoms with Crippen molar-refractivity contribution in [2.45, 2.75) is 12.5 Å². The van der Waals surface area contributed by atoms with Gasteiger partial charge in [-0.15, -0.1) is 0 Å². The van der Waals surface area contributed by atoms with E-state index in [1.165, 1.54) is 0 Å². The summed E-state index contributed by atoms with van der Waals surface area (Å²) in [6, 6.07) is 7.39. The number of likely N-dealkylation sites (N-methyl/N-ethyl adjacent to an activating group) is 2. The number of hydrogen-bond donors (Lipinski definition) is 1. The highest BCUT2D eigenvalue weighted by atomic mass is 35.5. The molecule has 0 saturated carbocycles. The van der Waals surface area contributed by atoms with Crippen molar-refractivity contribution in [3.63, 3.8) is 0 Å². The van der Waals surface area contributed by atoms with E-state index in [1.807, 2.05) is 31.3 Å². The SMILES string of the molecule is CNC(=O)Cc1nc([C@H]2COCCN2C)n(-c2cccc(Cl)c2)n1. The number of hydrogen-bond acceptors (Lipinski definition) is 5. The fraction of sp³-hybridized carbons (Fsp3) is 0.438. The summed E-state index contributed by atoms with van der Waals surface area (Å²) in [5, 5.41) is 7.74. The number of aromatic nitrogens is 3. The van der Waals surface area contributed by atoms with Crippen LogP contribution in [-0.4, -0.2) is 59.4 Å². The van der Waals surface area contributed by atoms with Gasteiger partial charge in [-0.1, -0.05) is 17.7 Å². The number of amides is 1. The molecule has 8 heteroatoms. The standard InChI is InChI=1S/C16H20ClN5O2/c1-18-15(23)9-14-19-16(13-10-24-7-6-21(13)2)22(20-14)12-5-3-4-11(17)8-12/h3-5,8,13H,6-7,9-10H2,1-2H3,(H,18,23)/t13-/m1/s1. The maximum Gasteiger partial charge on any atom is 0.227 e. The van der Waals surface area contributed by atoms with Gasteiger partial charge in [-0.25, -0.2) is 9.67 Å². The number of benzene rings is 1. The van der Waals surface area contributed by atoms with Gasteiger partial charge < -0.3 is 10.1 Å². The first kappa shape index (κ1) is 16.9. The molecule has 1 atom stereocenters. The van der Waals surface area contributed by atoms with Crippen LogP contribution in [0.25, 0.3) is 5.69 Å². The van der Waals surface area contributed by atoms with Gasteiger partial charge in [0.05, 0.1) is 31.4 Å². The Kier molecular flexibility index (Phi) is 5.13. The molecular formula is C16H20ClN5O2. The predicted octanol–water partition coefficient (Wildman–Crippen LogP) is 1.21. The first-order valence-corrected chi connectivity index (χ1v) is 8.16. The number of carbonyl (C=O) groups excluding carboxylic acids is 1. The van der Waals surface area contributed by atoms with Crippen molar-refractivity contribution in [1.82, 2.24) is 25.0 Å². The zero-order valence-electron chi connectivity index (χ0n) is 13.7. The number of rotatable bonds is 4. The van der Waals surface area contributed by atoms with Crippen LogP contribution in [0.15, 0.2) is 24.3 Å². The van der Waals surface area contributed by atoms with Gasteiger partial charge in [-0.3, -0.25) is 9.69 Å². The van der Waals surface area contributed by atoms with Crippen LogP contribution in [0.2, 0.25) is 5.02 Å². The van der Waals surface area contributed by atoms with E-state index in [0.29, 0.717) is 24.1 Å². The largest absolute Gasteiger partial charge is 0.378 e. The molecule has 1 aliphatic heterocycles. The Morgan fingerprint density at radius 2 is 2.33 bits per heavy atom. The summed E-state index contributed by atoms with van der Waals surface area (Å²) < 4.78 is 7.35. The number of morpholine rings is 1. The molecule has 2 heterocycles. The summed E-state index contributed by atoms with van der Waals surface area (Å²) in [6.45, 7) is 2.05. The molecule has 1 aromatic heterocycles. The molecule has 1 aliphatic rings. The smallest absolute Gasteiger partial charge is 0.227 e. The second-order valence-corrected chi connectivity index (χ2v) is 6.14. The number of nitrogens with zero attached hydrogens (tertiary/aromatic N) is 4. The molecule has 1 amide bonds. The Balaban J connectivity index is 2.02. The van der Waals surface area contributed by atoms with E-state index in [1.54, 1.807) is 11.7 Å². The first-order valence-electron chi connectivity index (χ1n) is 7.79. The van der Waals surface area contributed by atoms with Gasteiger partial charge in [0.25, 0.3) is 0 Å². The summed E-state index contributed by atoms with van der Waals surface area (Å²) in [7, 11) is 3.63. The van der Waals surface area contributed by atoms with Crippen molar-refractivity contribution in [3.05, 3.63) is 40.9 Å². The maximum absolute atomic E-state index is 11.7. The van der Waals surface area contributed by atoms with E-state index in [0.717, 1.165) is 18.1 Å². The van der Waals surface area contributed by atoms with Crippen molar-refractivity contribution in [2.24, 2.45) is 0 Å². The normalized spacial score (nSPS) is 18.5. The Hall–Kier alpha value is -1.96. The van der Waals surface area contributed by atoms with Crippen LogP contribution in [0, 0.1) is 0 Å². The highest BCUT2D eigenvalue weighted by molar-refractivity contribution is 6.30. The average molecular weight is 350 g/mol. The Bertz CT molecular complexity index is 733. The topological polar surface area (TPSA) is 72.3 Å². The minimum absolute atomic E-state index is 0.0244. The molecule has 0 aliphatic carbocycles. The van der Waals surface area contributed by atoms with Crippen molar-refractivity contribution in [1.29, 1.82) is 0 Å². The van der Waals surface area contributed by atoms with Gasteiger partial charge >= 0.3 is 0 Å². The molecule has 24 heavy (non-hydrogen) atoms. The molecule has 1 saturated heterocycles. The third-order valence-corrected chi connectivity index (χ3v) is 4.26. The summed E-state index contributed by atoms with van der Waals surface area (Å²) in [4.78, 5) is 18.5. The summed E-state index contributed by atoms with van der Waals surface area (Å²) in [5.74, 6) is 1.10. The molecule has 0 unspecified atom stereocenters. The average Bonchev–Trinajstić information content (AvgIpc) is 2.98. The molecule has 128 valence electrons. The van der Waals surface area contributed by atoms with E-state index in [-0.39, 0.29) is 18.4 Å². The lowest BCUT2D eigenvalue weighted by atomic mass is 10.2. The Morgan fingerprint density at radius 1 is 1.50 bits per heavy atom. The van der Waals surface area contributed by atoms with Crippen LogP contribution in [0.4, 0.5) is 0 Å². The fourth-order valence-electron chi connectivity index (χ4n) is 2.65. The van der Waals surface area contributed by atoms with Crippen molar-refractivity contribution in [2.75, 3.05) is 33.9 Å². The quantitative estimate of drug-likeness (QED) is 0.898. The highest BCUT2D eigenvalue weighted by Gasteiger charge is 2.28. The van der Waals surface area contributed by atoms with Gasteiger partial charge in [-0.2, -0.15) is 5.10 Å². The number of halogens is 1. The van der Waals surface area contributed by atoms with Gasteiger partial charge in [0.15, 0.2) is 11.6 Å². The lowest BCUT2D eigenvalue weighted by Gasteiger charge is -2.31. The van der Waals surface area contributed by atoms with E-state index in [2.05, 4.69) is 20.3 Å². The van der Waals surface area contributed by atoms with Crippen LogP contribution in [0.5, 0.6) is 0 Å². The second-order valence-electron chi connectivity index (χ2n) is 5.70. The first-order chi connectivity index (χ1) is 11.6. The summed E-state index contributed by atoms with van der Waals surface area (Å²) >= 11 is 6.11. The van der Waals surface area contributed by atoms with E-state index >= 15 is 0 Å². The molecule has 3 rings (SSSR count). The highest BCUT2D eigenvalue weighted by Crippen LogP contribution is 2.25. The lowest BCUT2D eigenvalue weighted by molar-refractivity contribution is -0.120. The van der Waals surface area contributed by atoms with E-state index < -0.39 is 0 Å². The van der Waals surface area contributed by atoms with Gasteiger partial charge in [0, 0.05) is 18.6 Å². The molecule has 1 N–H and O–H groups in total. The zero-order valence-corrected chi connectivity index (χ0v) is 14.5. The molecule has 0 bridgehead atoms. The van der Waals surface area contributed by atoms with Crippen LogP contribution in [-0.2, 0) is 16.0 Å². The molecule has 2 aromatic rings. The third kappa shape index (κ3) is 3.58. The fourth-order valence-corrected chi connectivity index (χ4v) is 2.83. The maximum atomic E-state index is 11.7. The molecule has 7 nitrogen and oxygen atoms in total. The number of ether oxygens (including phenoxy) is 1. The van der Waals surface area contributed by atoms with Crippen molar-refractivity contribution < 1.29 is 9.53 Å². The van der Waals surface area contributed by atoms with Gasteiger partial charge in [-0.05, 0) is 25.2 Å². The monoisotopic (exact) mass is 349 g/mol. The second kappa shape index (κ2) is 7.29. The number of nitrogens with one attached hydrogen (secondary N) is 1. The van der Waals surface area contributed by atoms with Gasteiger partial charge in [0.2, 0.25) is 5.91 Å². The van der Waals surface area contributed by atoms with Crippen LogP contribution in [0.1, 0.15) is 17.7 Å². The predicted molar refractivity (Wildman–Crippen MR) is 90.3 cm³/mol. The van der Waals surface area contributed by atoms with Crippen LogP contribution < -0.4 is 5.32 Å². The molecular weight excluding hydrogens is 330 g/mol. The minimum Gasteiger partial charge on any atom is -0.378 e. The Labute approximate surface area is 145 Å². The van der Waals surface area contributed by atoms with Crippen LogP contribution in [0.3, 0.4) is 0 Å². The van der Waals surface area contributed by atoms with Gasteiger partial charge in [0.1, 0.15) is 0 Å². The van der Waals surface area contributed by atoms with E-state index in [9.17, 15) is 4.79 Å². The number of carbonyl (C=O) groups is 1. The van der Waals surface area contributed by atoms with Crippen LogP contribution >= 0.6 is 11.6 Å².